The summed E-state index contributed by atoms with van der Waals surface area (Å²) < 4.78 is 0. The molecule has 0 fully saturated rings. The van der Waals surface area contributed by atoms with Crippen LogP contribution in [0.2, 0.25) is 0 Å². The fourth-order valence-electron chi connectivity index (χ4n) is 1.21. The first-order chi connectivity index (χ1) is 7.02. The van der Waals surface area contributed by atoms with Crippen LogP contribution >= 0.6 is 0 Å². The molecule has 4 heteroatoms. The van der Waals surface area contributed by atoms with Crippen LogP contribution in [0, 0.1) is 0 Å². The summed E-state index contributed by atoms with van der Waals surface area (Å²) in [4.78, 5) is 11.8. The van der Waals surface area contributed by atoms with Gasteiger partial charge < -0.3 is 5.73 Å². The van der Waals surface area contributed by atoms with E-state index in [1.807, 2.05) is 13.8 Å². The van der Waals surface area contributed by atoms with Crippen molar-refractivity contribution in [1.82, 2.24) is 5.01 Å². The number of nitrogen functional groups attached to an aromatic ring is 1. The van der Waals surface area contributed by atoms with Gasteiger partial charge in [0.15, 0.2) is 0 Å². The van der Waals surface area contributed by atoms with E-state index in [-0.39, 0.29) is 5.91 Å². The lowest BCUT2D eigenvalue weighted by atomic mass is 10.1. The Hall–Kier alpha value is -1.84. The summed E-state index contributed by atoms with van der Waals surface area (Å²) >= 11 is 0. The molecule has 0 unspecified atom stereocenters. The summed E-state index contributed by atoms with van der Waals surface area (Å²) in [6, 6.07) is 6.96. The molecule has 2 N–H and O–H groups in total. The number of hydrazone groups is 1. The van der Waals surface area contributed by atoms with E-state index in [9.17, 15) is 4.79 Å². The zero-order valence-electron chi connectivity index (χ0n) is 9.19. The molecule has 0 aliphatic rings. The highest BCUT2D eigenvalue weighted by Crippen LogP contribution is 2.12. The number of para-hydroxylation sites is 1. The van der Waals surface area contributed by atoms with Gasteiger partial charge in [-0.15, -0.1) is 0 Å². The summed E-state index contributed by atoms with van der Waals surface area (Å²) in [6.45, 7) is 3.66. The van der Waals surface area contributed by atoms with E-state index in [4.69, 9.17) is 5.73 Å². The third kappa shape index (κ3) is 2.80. The average Bonchev–Trinajstić information content (AvgIpc) is 2.16. The number of carbonyl (C=O) groups excluding carboxylic acids is 1. The Kier molecular flexibility index (Phi) is 3.44. The molecule has 0 aliphatic carbocycles. The number of anilines is 1. The quantitative estimate of drug-likeness (QED) is 0.454. The second-order valence-corrected chi connectivity index (χ2v) is 3.46. The number of rotatable bonds is 2. The molecule has 0 radical (unpaired) electrons. The van der Waals surface area contributed by atoms with Gasteiger partial charge >= 0.3 is 0 Å². The largest absolute Gasteiger partial charge is 0.398 e. The van der Waals surface area contributed by atoms with Gasteiger partial charge in [-0.2, -0.15) is 5.10 Å². The molecule has 1 rings (SSSR count). The Balaban J connectivity index is 2.95. The number of benzene rings is 1. The fourth-order valence-corrected chi connectivity index (χ4v) is 1.21. The minimum atomic E-state index is -0.200. The molecule has 1 aromatic rings. The molecule has 0 saturated carbocycles. The van der Waals surface area contributed by atoms with E-state index < -0.39 is 0 Å². The van der Waals surface area contributed by atoms with Crippen molar-refractivity contribution >= 4 is 17.3 Å². The van der Waals surface area contributed by atoms with Crippen LogP contribution in [-0.4, -0.2) is 23.7 Å². The third-order valence-corrected chi connectivity index (χ3v) is 1.84. The third-order valence-electron chi connectivity index (χ3n) is 1.84. The van der Waals surface area contributed by atoms with Crippen molar-refractivity contribution in [2.24, 2.45) is 5.10 Å². The lowest BCUT2D eigenvalue weighted by Gasteiger charge is -2.12. The Morgan fingerprint density at radius 1 is 1.33 bits per heavy atom. The molecule has 0 aromatic heterocycles. The SMILES string of the molecule is CC(C)=NN(C)C(=O)c1ccccc1N. The zero-order chi connectivity index (χ0) is 11.4. The number of amides is 1. The van der Waals surface area contributed by atoms with Gasteiger partial charge in [-0.1, -0.05) is 12.1 Å². The van der Waals surface area contributed by atoms with Crippen LogP contribution in [0.3, 0.4) is 0 Å². The van der Waals surface area contributed by atoms with Gasteiger partial charge in [0, 0.05) is 18.4 Å². The molecule has 0 aliphatic heterocycles. The molecule has 1 amide bonds. The summed E-state index contributed by atoms with van der Waals surface area (Å²) in [5, 5.41) is 5.33. The van der Waals surface area contributed by atoms with Gasteiger partial charge in [0.25, 0.3) is 5.91 Å². The van der Waals surface area contributed by atoms with Crippen molar-refractivity contribution < 1.29 is 4.79 Å². The predicted molar refractivity (Wildman–Crippen MR) is 61.7 cm³/mol. The van der Waals surface area contributed by atoms with Crippen molar-refractivity contribution in [3.63, 3.8) is 0 Å². The van der Waals surface area contributed by atoms with Crippen LogP contribution < -0.4 is 5.73 Å². The van der Waals surface area contributed by atoms with Crippen LogP contribution in [-0.2, 0) is 0 Å². The van der Waals surface area contributed by atoms with Gasteiger partial charge in [0.2, 0.25) is 0 Å². The van der Waals surface area contributed by atoms with Crippen molar-refractivity contribution in [3.8, 4) is 0 Å². The molecule has 4 nitrogen and oxygen atoms in total. The highest BCUT2D eigenvalue weighted by Gasteiger charge is 2.12. The number of nitrogens with zero attached hydrogens (tertiary/aromatic N) is 2. The van der Waals surface area contributed by atoms with E-state index in [1.165, 1.54) is 5.01 Å². The van der Waals surface area contributed by atoms with Crippen molar-refractivity contribution in [1.29, 1.82) is 0 Å². The maximum atomic E-state index is 11.8. The Labute approximate surface area is 89.4 Å². The van der Waals surface area contributed by atoms with Crippen molar-refractivity contribution in [2.75, 3.05) is 12.8 Å². The average molecular weight is 205 g/mol. The number of hydrogen-bond acceptors (Lipinski definition) is 3. The maximum Gasteiger partial charge on any atom is 0.275 e. The van der Waals surface area contributed by atoms with Crippen molar-refractivity contribution in [2.45, 2.75) is 13.8 Å². The molecule has 0 saturated heterocycles. The molecule has 0 bridgehead atoms. The topological polar surface area (TPSA) is 58.7 Å². The van der Waals surface area contributed by atoms with Crippen LogP contribution in [0.25, 0.3) is 0 Å². The standard InChI is InChI=1S/C11H15N3O/c1-8(2)13-14(3)11(15)9-6-4-5-7-10(9)12/h4-7H,12H2,1-3H3. The van der Waals surface area contributed by atoms with E-state index in [0.717, 1.165) is 5.71 Å². The van der Waals surface area contributed by atoms with Crippen LogP contribution in [0.15, 0.2) is 29.4 Å². The van der Waals surface area contributed by atoms with Gasteiger partial charge in [-0.05, 0) is 26.0 Å². The van der Waals surface area contributed by atoms with Crippen LogP contribution in [0.1, 0.15) is 24.2 Å². The number of nitrogens with two attached hydrogens (primary N) is 1. The van der Waals surface area contributed by atoms with Gasteiger partial charge in [-0.3, -0.25) is 4.79 Å². The molecule has 80 valence electrons. The fraction of sp³-hybridized carbons (Fsp3) is 0.273. The van der Waals surface area contributed by atoms with E-state index in [0.29, 0.717) is 11.3 Å². The smallest absolute Gasteiger partial charge is 0.275 e. The van der Waals surface area contributed by atoms with Crippen LogP contribution in [0.4, 0.5) is 5.69 Å². The first-order valence-electron chi connectivity index (χ1n) is 4.66. The Bertz CT molecular complexity index is 395. The summed E-state index contributed by atoms with van der Waals surface area (Å²) in [6.07, 6.45) is 0. The van der Waals surface area contributed by atoms with E-state index in [2.05, 4.69) is 5.10 Å². The van der Waals surface area contributed by atoms with Gasteiger partial charge in [0.05, 0.1) is 5.56 Å². The number of hydrogen-bond donors (Lipinski definition) is 1. The molecule has 0 spiro atoms. The number of carbonyl (C=O) groups is 1. The summed E-state index contributed by atoms with van der Waals surface area (Å²) in [7, 11) is 1.61. The maximum absolute atomic E-state index is 11.8. The second-order valence-electron chi connectivity index (χ2n) is 3.46. The normalized spacial score (nSPS) is 9.53. The molecular formula is C11H15N3O. The molecule has 0 heterocycles. The van der Waals surface area contributed by atoms with Gasteiger partial charge in [-0.25, -0.2) is 5.01 Å². The minimum absolute atomic E-state index is 0.200. The summed E-state index contributed by atoms with van der Waals surface area (Å²) in [5.41, 5.74) is 7.46. The Morgan fingerprint density at radius 2 is 1.93 bits per heavy atom. The van der Waals surface area contributed by atoms with Gasteiger partial charge in [0.1, 0.15) is 0 Å². The lowest BCUT2D eigenvalue weighted by Crippen LogP contribution is -2.23. The molecule has 1 aromatic carbocycles. The second kappa shape index (κ2) is 4.59. The first kappa shape index (κ1) is 11.2. The molecule has 0 atom stereocenters. The predicted octanol–water partition coefficient (Wildman–Crippen LogP) is 1.74. The Morgan fingerprint density at radius 3 is 2.47 bits per heavy atom. The lowest BCUT2D eigenvalue weighted by molar-refractivity contribution is 0.0800. The highest BCUT2D eigenvalue weighted by atomic mass is 16.2. The highest BCUT2D eigenvalue weighted by molar-refractivity contribution is 5.99. The first-order valence-corrected chi connectivity index (χ1v) is 4.66. The minimum Gasteiger partial charge on any atom is -0.398 e. The molecular weight excluding hydrogens is 190 g/mol. The van der Waals surface area contributed by atoms with Crippen molar-refractivity contribution in [3.05, 3.63) is 29.8 Å². The van der Waals surface area contributed by atoms with Crippen LogP contribution in [0.5, 0.6) is 0 Å². The summed E-state index contributed by atoms with van der Waals surface area (Å²) in [5.74, 6) is -0.200. The zero-order valence-corrected chi connectivity index (χ0v) is 9.19. The van der Waals surface area contributed by atoms with E-state index in [1.54, 1.807) is 31.3 Å². The molecule has 15 heavy (non-hydrogen) atoms. The monoisotopic (exact) mass is 205 g/mol. The van der Waals surface area contributed by atoms with E-state index >= 15 is 0 Å².